The number of hydrogen-bond acceptors (Lipinski definition) is 6. The van der Waals surface area contributed by atoms with Crippen LogP contribution in [0.1, 0.15) is 18.9 Å². The molecule has 0 saturated carbocycles. The van der Waals surface area contributed by atoms with Crippen molar-refractivity contribution in [1.82, 2.24) is 29.6 Å². The Balaban J connectivity index is 1.83. The van der Waals surface area contributed by atoms with Crippen molar-refractivity contribution in [2.75, 3.05) is 31.1 Å². The Bertz CT molecular complexity index is 1050. The van der Waals surface area contributed by atoms with Crippen molar-refractivity contribution in [2.45, 2.75) is 19.9 Å². The van der Waals surface area contributed by atoms with E-state index in [1.807, 2.05) is 19.1 Å². The van der Waals surface area contributed by atoms with Crippen molar-refractivity contribution >= 4 is 17.0 Å². The van der Waals surface area contributed by atoms with Gasteiger partial charge in [0.25, 0.3) is 5.56 Å². The van der Waals surface area contributed by atoms with Crippen LogP contribution >= 0.6 is 0 Å². The molecule has 138 valence electrons. The molecule has 0 aromatic carbocycles. The summed E-state index contributed by atoms with van der Waals surface area (Å²) >= 11 is 0. The van der Waals surface area contributed by atoms with Gasteiger partial charge in [-0.05, 0) is 11.6 Å². The van der Waals surface area contributed by atoms with Gasteiger partial charge in [0.15, 0.2) is 5.52 Å². The minimum absolute atomic E-state index is 0.198. The first-order valence-electron chi connectivity index (χ1n) is 9.10. The van der Waals surface area contributed by atoms with Crippen molar-refractivity contribution in [3.05, 3.63) is 46.6 Å². The molecular weight excluding hydrogens is 342 g/mol. The standard InChI is InChI=1S/C19H21N7O/c1-2-3-9-25-17-16(23-19(25)24-10-7-20-8-11-24)13-22-26(18(17)27)14-15-5-4-6-21-12-15/h4-6,12-13,20H,2,7-8,10-11,14H2,1H3. The third-order valence-corrected chi connectivity index (χ3v) is 4.47. The van der Waals surface area contributed by atoms with E-state index >= 15 is 0 Å². The van der Waals surface area contributed by atoms with Crippen LogP contribution in [-0.2, 0) is 6.54 Å². The van der Waals surface area contributed by atoms with E-state index in [9.17, 15) is 4.79 Å². The van der Waals surface area contributed by atoms with E-state index in [2.05, 4.69) is 37.2 Å². The van der Waals surface area contributed by atoms with Gasteiger partial charge in [-0.2, -0.15) is 5.10 Å². The zero-order chi connectivity index (χ0) is 18.6. The summed E-state index contributed by atoms with van der Waals surface area (Å²) in [6.45, 7) is 5.77. The quantitative estimate of drug-likeness (QED) is 0.689. The largest absolute Gasteiger partial charge is 0.339 e. The molecule has 0 amide bonds. The zero-order valence-corrected chi connectivity index (χ0v) is 15.2. The second-order valence-corrected chi connectivity index (χ2v) is 6.33. The molecule has 0 atom stereocenters. The predicted molar refractivity (Wildman–Crippen MR) is 104 cm³/mol. The molecule has 3 aromatic heterocycles. The lowest BCUT2D eigenvalue weighted by Crippen LogP contribution is -2.44. The molecule has 0 unspecified atom stereocenters. The molecule has 0 radical (unpaired) electrons. The van der Waals surface area contributed by atoms with Gasteiger partial charge in [-0.3, -0.25) is 9.78 Å². The molecule has 1 aliphatic rings. The summed E-state index contributed by atoms with van der Waals surface area (Å²) in [5, 5.41) is 7.63. The molecule has 1 saturated heterocycles. The van der Waals surface area contributed by atoms with Crippen LogP contribution in [-0.4, -0.2) is 50.5 Å². The Hall–Kier alpha value is -3.18. The van der Waals surface area contributed by atoms with Gasteiger partial charge in [-0.25, -0.2) is 14.2 Å². The maximum absolute atomic E-state index is 13.1. The Kier molecular flexibility index (Phi) is 4.85. The van der Waals surface area contributed by atoms with Crippen molar-refractivity contribution in [1.29, 1.82) is 0 Å². The van der Waals surface area contributed by atoms with Crippen LogP contribution < -0.4 is 15.8 Å². The Morgan fingerprint density at radius 3 is 2.85 bits per heavy atom. The van der Waals surface area contributed by atoms with Crippen molar-refractivity contribution in [2.24, 2.45) is 0 Å². The summed E-state index contributed by atoms with van der Waals surface area (Å²) in [5.41, 5.74) is 1.76. The Labute approximate surface area is 156 Å². The first kappa shape index (κ1) is 17.2. The minimum Gasteiger partial charge on any atom is -0.339 e. The van der Waals surface area contributed by atoms with Gasteiger partial charge < -0.3 is 10.2 Å². The van der Waals surface area contributed by atoms with E-state index in [1.54, 1.807) is 23.2 Å². The maximum atomic E-state index is 13.1. The van der Waals surface area contributed by atoms with Crippen molar-refractivity contribution < 1.29 is 0 Å². The lowest BCUT2D eigenvalue weighted by molar-refractivity contribution is 0.579. The highest BCUT2D eigenvalue weighted by atomic mass is 16.1. The summed E-state index contributed by atoms with van der Waals surface area (Å²) in [6.07, 6.45) is 5.79. The van der Waals surface area contributed by atoms with Gasteiger partial charge in [-0.15, -0.1) is 0 Å². The van der Waals surface area contributed by atoms with Crippen LogP contribution in [0, 0.1) is 12.0 Å². The third kappa shape index (κ3) is 3.41. The minimum atomic E-state index is -0.198. The Morgan fingerprint density at radius 1 is 1.26 bits per heavy atom. The highest BCUT2D eigenvalue weighted by molar-refractivity contribution is 5.78. The normalized spacial score (nSPS) is 14.2. The van der Waals surface area contributed by atoms with Crippen LogP contribution in [0.2, 0.25) is 0 Å². The molecule has 8 heteroatoms. The number of rotatable bonds is 3. The average molecular weight is 363 g/mol. The lowest BCUT2D eigenvalue weighted by atomic mass is 10.3. The predicted octanol–water partition coefficient (Wildman–Crippen LogP) is 0.665. The molecule has 4 rings (SSSR count). The van der Waals surface area contributed by atoms with Gasteiger partial charge in [0.1, 0.15) is 5.52 Å². The zero-order valence-electron chi connectivity index (χ0n) is 15.2. The van der Waals surface area contributed by atoms with E-state index in [1.165, 1.54) is 4.68 Å². The molecule has 1 N–H and O–H groups in total. The SMILES string of the molecule is CCC#Cn1c(N2CCNCC2)nc2cnn(Cc3cccnc3)c(=O)c21. The molecule has 4 heterocycles. The number of pyridine rings is 1. The molecule has 0 aliphatic carbocycles. The van der Waals surface area contributed by atoms with Crippen molar-refractivity contribution in [3.63, 3.8) is 0 Å². The topological polar surface area (TPSA) is 80.9 Å². The van der Waals surface area contributed by atoms with Crippen LogP contribution in [0.4, 0.5) is 5.95 Å². The number of imidazole rings is 1. The summed E-state index contributed by atoms with van der Waals surface area (Å²) in [6, 6.07) is 6.87. The van der Waals surface area contributed by atoms with Gasteiger partial charge >= 0.3 is 0 Å². The summed E-state index contributed by atoms with van der Waals surface area (Å²) in [7, 11) is 0. The van der Waals surface area contributed by atoms with E-state index in [0.717, 1.165) is 31.7 Å². The first-order chi connectivity index (χ1) is 13.3. The summed E-state index contributed by atoms with van der Waals surface area (Å²) in [5.74, 6) is 3.78. The fourth-order valence-electron chi connectivity index (χ4n) is 3.14. The van der Waals surface area contributed by atoms with Gasteiger partial charge in [0.05, 0.1) is 12.7 Å². The van der Waals surface area contributed by atoms with Crippen LogP contribution in [0.15, 0.2) is 35.5 Å². The molecule has 1 aliphatic heterocycles. The van der Waals surface area contributed by atoms with E-state index in [4.69, 9.17) is 0 Å². The highest BCUT2D eigenvalue weighted by Crippen LogP contribution is 2.19. The van der Waals surface area contributed by atoms with E-state index in [0.29, 0.717) is 29.9 Å². The molecule has 0 bridgehead atoms. The van der Waals surface area contributed by atoms with Crippen molar-refractivity contribution in [3.8, 4) is 12.0 Å². The van der Waals surface area contributed by atoms with Crippen LogP contribution in [0.3, 0.4) is 0 Å². The molecule has 1 fully saturated rings. The fraction of sp³-hybridized carbons (Fsp3) is 0.368. The van der Waals surface area contributed by atoms with E-state index in [-0.39, 0.29) is 5.56 Å². The fourth-order valence-corrected chi connectivity index (χ4v) is 3.14. The molecule has 27 heavy (non-hydrogen) atoms. The van der Waals surface area contributed by atoms with E-state index < -0.39 is 0 Å². The number of anilines is 1. The van der Waals surface area contributed by atoms with Gasteiger partial charge in [0, 0.05) is 51.0 Å². The smallest absolute Gasteiger partial charge is 0.294 e. The number of nitrogens with zero attached hydrogens (tertiary/aromatic N) is 6. The summed E-state index contributed by atoms with van der Waals surface area (Å²) < 4.78 is 3.17. The second kappa shape index (κ2) is 7.60. The third-order valence-electron chi connectivity index (χ3n) is 4.47. The monoisotopic (exact) mass is 363 g/mol. The number of hydrogen-bond donors (Lipinski definition) is 1. The van der Waals surface area contributed by atoms with Crippen LogP contribution in [0.5, 0.6) is 0 Å². The highest BCUT2D eigenvalue weighted by Gasteiger charge is 2.21. The van der Waals surface area contributed by atoms with Gasteiger partial charge in [-0.1, -0.05) is 18.9 Å². The molecular formula is C19H21N7O. The van der Waals surface area contributed by atoms with Crippen LogP contribution in [0.25, 0.3) is 11.0 Å². The average Bonchev–Trinajstić information content (AvgIpc) is 3.09. The first-order valence-corrected chi connectivity index (χ1v) is 9.10. The lowest BCUT2D eigenvalue weighted by Gasteiger charge is -2.27. The second-order valence-electron chi connectivity index (χ2n) is 6.33. The number of piperazine rings is 1. The number of aromatic nitrogens is 5. The molecule has 0 spiro atoms. The maximum Gasteiger partial charge on any atom is 0.294 e. The Morgan fingerprint density at radius 2 is 2.11 bits per heavy atom. The number of nitrogens with one attached hydrogen (secondary N) is 1. The summed E-state index contributed by atoms with van der Waals surface area (Å²) in [4.78, 5) is 24.1. The number of fused-ring (bicyclic) bond motifs is 1. The molecule has 8 nitrogen and oxygen atoms in total. The van der Waals surface area contributed by atoms with Gasteiger partial charge in [0.2, 0.25) is 5.95 Å². The molecule has 3 aromatic rings.